The van der Waals surface area contributed by atoms with Gasteiger partial charge in [0, 0.05) is 38.3 Å². The summed E-state index contributed by atoms with van der Waals surface area (Å²) in [4.78, 5) is 32.2. The number of hydrogen-bond donors (Lipinski definition) is 1. The molecule has 38 heavy (non-hydrogen) atoms. The van der Waals surface area contributed by atoms with Crippen LogP contribution in [0.3, 0.4) is 0 Å². The Labute approximate surface area is 218 Å². The molecule has 2 aromatic heterocycles. The molecule has 2 fully saturated rings. The summed E-state index contributed by atoms with van der Waals surface area (Å²) < 4.78 is 33.7. The Bertz CT molecular complexity index is 1310. The summed E-state index contributed by atoms with van der Waals surface area (Å²) in [5.74, 6) is -1.75. The summed E-state index contributed by atoms with van der Waals surface area (Å²) in [5, 5.41) is 11.9. The predicted molar refractivity (Wildman–Crippen MR) is 134 cm³/mol. The van der Waals surface area contributed by atoms with E-state index in [0.717, 1.165) is 86.1 Å². The number of nitrogens with zero attached hydrogens (tertiary/aromatic N) is 5. The van der Waals surface area contributed by atoms with Crippen molar-refractivity contribution >= 4 is 17.5 Å². The standard InChI is InChI=1S/C25H29N5O.C2HF3O2/c31-25(29-12-5-2-6-13-29)23-20-11-14-28(16-18-9-10-18)17-22(20)30-24(23)27-21(15-26-30)19-7-3-1-4-8-19;3-2(4,5)1(6)7/h1,3-4,7-8,15,18H,2,5-6,9-14,16-17H2;(H,6,7). The van der Waals surface area contributed by atoms with E-state index in [0.29, 0.717) is 0 Å². The van der Waals surface area contributed by atoms with Crippen LogP contribution in [0.5, 0.6) is 0 Å². The molecule has 0 spiro atoms. The summed E-state index contributed by atoms with van der Waals surface area (Å²) in [5.41, 5.74) is 5.72. The number of piperidine rings is 1. The summed E-state index contributed by atoms with van der Waals surface area (Å²) >= 11 is 0. The number of carboxylic acids is 1. The number of carbonyl (C=O) groups is 2. The molecule has 11 heteroatoms. The van der Waals surface area contributed by atoms with E-state index in [2.05, 4.69) is 4.90 Å². The van der Waals surface area contributed by atoms with Gasteiger partial charge in [0.15, 0.2) is 5.65 Å². The zero-order chi connectivity index (χ0) is 26.9. The number of fused-ring (bicyclic) bond motifs is 3. The molecule has 1 N–H and O–H groups in total. The lowest BCUT2D eigenvalue weighted by Gasteiger charge is -2.29. The zero-order valence-corrected chi connectivity index (χ0v) is 21.0. The molecule has 8 nitrogen and oxygen atoms in total. The molecule has 202 valence electrons. The minimum atomic E-state index is -5.08. The lowest BCUT2D eigenvalue weighted by Crippen LogP contribution is -2.37. The van der Waals surface area contributed by atoms with Crippen LogP contribution in [-0.4, -0.2) is 73.7 Å². The molecule has 1 saturated heterocycles. The van der Waals surface area contributed by atoms with E-state index >= 15 is 0 Å². The van der Waals surface area contributed by atoms with Crippen LogP contribution in [0.2, 0.25) is 0 Å². The van der Waals surface area contributed by atoms with E-state index in [-0.39, 0.29) is 5.91 Å². The second kappa shape index (κ2) is 10.7. The number of halogens is 3. The average molecular weight is 530 g/mol. The first-order valence-electron chi connectivity index (χ1n) is 13.0. The second-order valence-corrected chi connectivity index (χ2v) is 10.1. The van der Waals surface area contributed by atoms with Gasteiger partial charge < -0.3 is 10.0 Å². The monoisotopic (exact) mass is 529 g/mol. The predicted octanol–water partition coefficient (Wildman–Crippen LogP) is 4.42. The number of rotatable bonds is 4. The van der Waals surface area contributed by atoms with Gasteiger partial charge in [-0.15, -0.1) is 0 Å². The van der Waals surface area contributed by atoms with Crippen molar-refractivity contribution in [1.29, 1.82) is 0 Å². The van der Waals surface area contributed by atoms with Crippen LogP contribution >= 0.6 is 0 Å². The van der Waals surface area contributed by atoms with Gasteiger partial charge in [0.05, 0.1) is 23.1 Å². The lowest BCUT2D eigenvalue weighted by molar-refractivity contribution is -0.192. The maximum atomic E-state index is 13.7. The molecule has 0 atom stereocenters. The topological polar surface area (TPSA) is 91.0 Å². The highest BCUT2D eigenvalue weighted by Gasteiger charge is 2.38. The maximum absolute atomic E-state index is 13.7. The maximum Gasteiger partial charge on any atom is 0.490 e. The van der Waals surface area contributed by atoms with Crippen molar-refractivity contribution in [3.8, 4) is 11.3 Å². The second-order valence-electron chi connectivity index (χ2n) is 10.1. The van der Waals surface area contributed by atoms with Crippen molar-refractivity contribution in [3.05, 3.63) is 53.3 Å². The van der Waals surface area contributed by atoms with E-state index in [1.807, 2.05) is 45.9 Å². The molecule has 1 aliphatic carbocycles. The molecule has 1 aromatic carbocycles. The summed E-state index contributed by atoms with van der Waals surface area (Å²) in [7, 11) is 0. The number of amides is 1. The Morgan fingerprint density at radius 3 is 2.34 bits per heavy atom. The van der Waals surface area contributed by atoms with Gasteiger partial charge in [-0.1, -0.05) is 30.3 Å². The molecule has 0 bridgehead atoms. The Morgan fingerprint density at radius 1 is 1.03 bits per heavy atom. The fourth-order valence-corrected chi connectivity index (χ4v) is 5.17. The van der Waals surface area contributed by atoms with Crippen molar-refractivity contribution in [2.24, 2.45) is 5.92 Å². The molecule has 0 unspecified atom stereocenters. The summed E-state index contributed by atoms with van der Waals surface area (Å²) in [6.45, 7) is 4.75. The fraction of sp³-hybridized carbons (Fsp3) is 0.481. The van der Waals surface area contributed by atoms with Crippen LogP contribution < -0.4 is 0 Å². The highest BCUT2D eigenvalue weighted by atomic mass is 19.4. The van der Waals surface area contributed by atoms with Crippen molar-refractivity contribution in [3.63, 3.8) is 0 Å². The van der Waals surface area contributed by atoms with Gasteiger partial charge in [0.2, 0.25) is 0 Å². The number of alkyl halides is 3. The van der Waals surface area contributed by atoms with Crippen molar-refractivity contribution in [2.45, 2.75) is 51.2 Å². The van der Waals surface area contributed by atoms with Gasteiger partial charge in [0.25, 0.3) is 5.91 Å². The number of aromatic nitrogens is 3. The van der Waals surface area contributed by atoms with Gasteiger partial charge in [-0.25, -0.2) is 14.3 Å². The Kier molecular flexibility index (Phi) is 7.38. The molecule has 2 aliphatic heterocycles. The first kappa shape index (κ1) is 26.1. The quantitative estimate of drug-likeness (QED) is 0.538. The highest BCUT2D eigenvalue weighted by molar-refractivity contribution is 6.02. The van der Waals surface area contributed by atoms with Gasteiger partial charge in [-0.2, -0.15) is 18.3 Å². The van der Waals surface area contributed by atoms with Gasteiger partial charge in [-0.3, -0.25) is 9.69 Å². The molecule has 1 amide bonds. The Hall–Kier alpha value is -3.47. The van der Waals surface area contributed by atoms with Crippen LogP contribution in [0.4, 0.5) is 13.2 Å². The molecule has 0 radical (unpaired) electrons. The van der Waals surface area contributed by atoms with Gasteiger partial charge >= 0.3 is 12.1 Å². The van der Waals surface area contributed by atoms with E-state index in [1.54, 1.807) is 0 Å². The number of aliphatic carboxylic acids is 1. The van der Waals surface area contributed by atoms with Crippen LogP contribution in [0.1, 0.15) is 53.7 Å². The lowest BCUT2D eigenvalue weighted by atomic mass is 10.0. The zero-order valence-electron chi connectivity index (χ0n) is 21.0. The fourth-order valence-electron chi connectivity index (χ4n) is 5.17. The normalized spacial score (nSPS) is 18.0. The molecule has 3 aromatic rings. The largest absolute Gasteiger partial charge is 0.490 e. The number of carboxylic acid groups (broad SMARTS) is 1. The van der Waals surface area contributed by atoms with Crippen molar-refractivity contribution < 1.29 is 27.9 Å². The van der Waals surface area contributed by atoms with Gasteiger partial charge in [0.1, 0.15) is 0 Å². The van der Waals surface area contributed by atoms with Crippen LogP contribution in [0.15, 0.2) is 36.5 Å². The SMILES string of the molecule is O=C(O)C(F)(F)F.O=C(c1c2c(n3ncc(-c4ccccc4)nc13)CN(CC1CC1)CC2)N1CCCCC1. The third-order valence-corrected chi connectivity index (χ3v) is 7.29. The van der Waals surface area contributed by atoms with Crippen molar-refractivity contribution in [2.75, 3.05) is 26.2 Å². The molecule has 6 rings (SSSR count). The van der Waals surface area contributed by atoms with Crippen LogP contribution in [0.25, 0.3) is 16.9 Å². The number of likely N-dealkylation sites (tertiary alicyclic amines) is 1. The van der Waals surface area contributed by atoms with Crippen LogP contribution in [-0.2, 0) is 17.8 Å². The molecular weight excluding hydrogens is 499 g/mol. The van der Waals surface area contributed by atoms with Gasteiger partial charge in [-0.05, 0) is 50.0 Å². The first-order valence-corrected chi connectivity index (χ1v) is 13.0. The Balaban J connectivity index is 0.000000374. The number of hydrogen-bond acceptors (Lipinski definition) is 5. The Morgan fingerprint density at radius 2 is 1.71 bits per heavy atom. The molecule has 1 saturated carbocycles. The highest BCUT2D eigenvalue weighted by Crippen LogP contribution is 2.34. The third-order valence-electron chi connectivity index (χ3n) is 7.29. The molecular formula is C27H30F3N5O3. The minimum absolute atomic E-state index is 0.147. The van der Waals surface area contributed by atoms with E-state index in [9.17, 15) is 18.0 Å². The number of carbonyl (C=O) groups excluding carboxylic acids is 1. The van der Waals surface area contributed by atoms with Crippen LogP contribution in [0, 0.1) is 5.92 Å². The van der Waals surface area contributed by atoms with Crippen molar-refractivity contribution in [1.82, 2.24) is 24.4 Å². The smallest absolute Gasteiger partial charge is 0.475 e. The molecule has 3 aliphatic rings. The van der Waals surface area contributed by atoms with E-state index in [1.165, 1.54) is 24.8 Å². The summed E-state index contributed by atoms with van der Waals surface area (Å²) in [6.07, 6.45) is 3.78. The van der Waals surface area contributed by atoms with E-state index in [4.69, 9.17) is 20.0 Å². The summed E-state index contributed by atoms with van der Waals surface area (Å²) in [6, 6.07) is 10.1. The first-order chi connectivity index (χ1) is 18.2. The minimum Gasteiger partial charge on any atom is -0.475 e. The molecule has 4 heterocycles. The average Bonchev–Trinajstić information content (AvgIpc) is 3.68. The number of benzene rings is 1. The third kappa shape index (κ3) is 5.67. The van der Waals surface area contributed by atoms with E-state index < -0.39 is 12.1 Å².